The first-order chi connectivity index (χ1) is 44.8. The van der Waals surface area contributed by atoms with Gasteiger partial charge >= 0.3 is 32.9 Å². The van der Waals surface area contributed by atoms with Gasteiger partial charge in [0.15, 0.2) is 0 Å². The number of carboxylic acids is 3. The molecule has 3 atom stereocenters. The van der Waals surface area contributed by atoms with Crippen molar-refractivity contribution in [2.24, 2.45) is 5.92 Å². The second-order valence-corrected chi connectivity index (χ2v) is 35.5. The Hall–Kier alpha value is -5.55. The minimum atomic E-state index is -3.78. The summed E-state index contributed by atoms with van der Waals surface area (Å²) in [6.07, 6.45) is 3.74. The molecule has 9 rings (SSSR count). The molecule has 0 amide bonds. The van der Waals surface area contributed by atoms with E-state index in [2.05, 4.69) is 6.92 Å². The van der Waals surface area contributed by atoms with E-state index < -0.39 is 40.5 Å². The first-order valence-electron chi connectivity index (χ1n) is 31.5. The molecular formula is C71H85Cl3N3O12P3S3. The van der Waals surface area contributed by atoms with Crippen LogP contribution in [0.15, 0.2) is 127 Å². The normalized spacial score (nSPS) is 15.8. The molecule has 5 aromatic carbocycles. The van der Waals surface area contributed by atoms with E-state index in [4.69, 9.17) is 48.4 Å². The number of anilines is 3. The first kappa shape index (κ1) is 76.8. The lowest BCUT2D eigenvalue weighted by Gasteiger charge is -2.41. The van der Waals surface area contributed by atoms with Crippen molar-refractivity contribution in [2.75, 3.05) is 33.8 Å². The molecule has 24 heteroatoms. The Morgan fingerprint density at radius 1 is 0.474 bits per heavy atom. The summed E-state index contributed by atoms with van der Waals surface area (Å²) in [5, 5.41) is 31.9. The molecule has 1 aliphatic rings. The van der Waals surface area contributed by atoms with E-state index in [1.165, 1.54) is 28.7 Å². The van der Waals surface area contributed by atoms with Gasteiger partial charge in [-0.25, -0.2) is 14.4 Å². The average molecular weight is 1470 g/mol. The van der Waals surface area contributed by atoms with Gasteiger partial charge in [0.25, 0.3) is 7.52 Å². The molecule has 0 radical (unpaired) electrons. The van der Waals surface area contributed by atoms with Crippen LogP contribution in [0, 0.1) is 33.6 Å². The van der Waals surface area contributed by atoms with Crippen LogP contribution >= 0.6 is 91.4 Å². The lowest BCUT2D eigenvalue weighted by Crippen LogP contribution is -2.35. The van der Waals surface area contributed by atoms with Crippen molar-refractivity contribution in [1.82, 2.24) is 0 Å². The number of rotatable bonds is 24. The van der Waals surface area contributed by atoms with E-state index in [9.17, 15) is 43.4 Å². The zero-order valence-electron chi connectivity index (χ0n) is 56.0. The zero-order valence-corrected chi connectivity index (χ0v) is 63.4. The third-order valence-corrected chi connectivity index (χ3v) is 29.4. The van der Waals surface area contributed by atoms with Crippen LogP contribution < -0.4 is 24.6 Å². The maximum Gasteiger partial charge on any atom is 0.348 e. The molecule has 95 heavy (non-hydrogen) atoms. The van der Waals surface area contributed by atoms with Gasteiger partial charge in [-0.05, 0) is 198 Å². The van der Waals surface area contributed by atoms with Crippen LogP contribution in [0.25, 0.3) is 31.3 Å². The van der Waals surface area contributed by atoms with Gasteiger partial charge < -0.3 is 28.9 Å². The molecule has 1 saturated carbocycles. The van der Waals surface area contributed by atoms with Gasteiger partial charge in [0.05, 0.1) is 58.2 Å². The molecule has 3 unspecified atom stereocenters. The van der Waals surface area contributed by atoms with Gasteiger partial charge in [-0.2, -0.15) is 0 Å². The molecule has 0 aliphatic heterocycles. The number of hydrogen-bond acceptors (Lipinski definition) is 12. The van der Waals surface area contributed by atoms with Crippen molar-refractivity contribution in [3.8, 4) is 31.3 Å². The fourth-order valence-corrected chi connectivity index (χ4v) is 23.9. The van der Waals surface area contributed by atoms with Crippen molar-refractivity contribution < 1.29 is 57.0 Å². The minimum absolute atomic E-state index is 0.0737. The number of hydrogen-bond donors (Lipinski definition) is 3. The maximum absolute atomic E-state index is 14.5. The van der Waals surface area contributed by atoms with Gasteiger partial charge in [0.1, 0.15) is 14.6 Å². The second-order valence-electron chi connectivity index (χ2n) is 24.1. The lowest BCUT2D eigenvalue weighted by molar-refractivity contribution is 0.0692. The molecule has 0 bridgehead atoms. The van der Waals surface area contributed by atoms with E-state index in [0.29, 0.717) is 44.9 Å². The molecule has 510 valence electrons. The van der Waals surface area contributed by atoms with Crippen LogP contribution in [0.2, 0.25) is 15.1 Å². The molecule has 0 saturated heterocycles. The third-order valence-electron chi connectivity index (χ3n) is 15.9. The van der Waals surface area contributed by atoms with Crippen LogP contribution in [-0.4, -0.2) is 76.8 Å². The summed E-state index contributed by atoms with van der Waals surface area (Å²) in [4.78, 5) is 39.4. The number of thiophene rings is 3. The van der Waals surface area contributed by atoms with E-state index >= 15 is 0 Å². The van der Waals surface area contributed by atoms with Gasteiger partial charge in [-0.1, -0.05) is 131 Å². The Balaban J connectivity index is 0.000000201. The summed E-state index contributed by atoms with van der Waals surface area (Å²) in [6, 6.07) is 38.2. The Morgan fingerprint density at radius 2 is 0.800 bits per heavy atom. The third kappa shape index (κ3) is 17.8. The highest BCUT2D eigenvalue weighted by molar-refractivity contribution is 7.69. The SMILES string of the molecule is CCOP(=O)(C1CCC(C)CC1)N(c1cc(-c2ccc(C)cc2)sc1C(=O)O)C(C)C.CCOP(=O)(c1ccc(Cl)cc1C)N(c1cc(-c2ccc(C)cc2)sc1C(=O)O)C(C)C.CCOP(=O)(c1ccc(Cl)cc1Cl)N(c1cc(-c2ccc(C)cc2)sc1C(=O)O)C(C)C. The predicted octanol–water partition coefficient (Wildman–Crippen LogP) is 22.1. The summed E-state index contributed by atoms with van der Waals surface area (Å²) in [7, 11) is -10.7. The van der Waals surface area contributed by atoms with Gasteiger partial charge in [0, 0.05) is 42.8 Å². The zero-order chi connectivity index (χ0) is 70.0. The molecule has 8 aromatic rings. The quantitative estimate of drug-likeness (QED) is 0.0482. The van der Waals surface area contributed by atoms with Gasteiger partial charge in [-0.3, -0.25) is 27.7 Å². The Bertz CT molecular complexity index is 3940. The van der Waals surface area contributed by atoms with Crippen LogP contribution in [0.3, 0.4) is 0 Å². The monoisotopic (exact) mass is 1470 g/mol. The molecule has 1 aliphatic carbocycles. The molecule has 3 aromatic heterocycles. The fraction of sp³-hybridized carbons (Fsp3) is 0.366. The summed E-state index contributed by atoms with van der Waals surface area (Å²) in [6.45, 7) is 27.5. The number of benzene rings is 5. The van der Waals surface area contributed by atoms with Crippen molar-refractivity contribution in [3.63, 3.8) is 0 Å². The van der Waals surface area contributed by atoms with E-state index in [1.807, 2.05) is 155 Å². The maximum atomic E-state index is 14.5. The average Bonchev–Trinajstić information content (AvgIpc) is 1.74. The van der Waals surface area contributed by atoms with Crippen LogP contribution in [-0.2, 0) is 27.3 Å². The smallest absolute Gasteiger partial charge is 0.348 e. The molecule has 3 heterocycles. The van der Waals surface area contributed by atoms with Crippen LogP contribution in [0.1, 0.15) is 146 Å². The largest absolute Gasteiger partial charge is 0.477 e. The second kappa shape index (κ2) is 33.3. The minimum Gasteiger partial charge on any atom is -0.477 e. The molecule has 15 nitrogen and oxygen atoms in total. The Kier molecular flexibility index (Phi) is 27.0. The predicted molar refractivity (Wildman–Crippen MR) is 398 cm³/mol. The van der Waals surface area contributed by atoms with Crippen molar-refractivity contribution in [1.29, 1.82) is 0 Å². The first-order valence-corrected chi connectivity index (χ1v) is 39.9. The molecule has 1 fully saturated rings. The number of carboxylic acid groups (broad SMARTS) is 3. The number of halogens is 3. The van der Waals surface area contributed by atoms with E-state index in [0.717, 1.165) is 90.6 Å². The van der Waals surface area contributed by atoms with Crippen molar-refractivity contribution >= 4 is 137 Å². The van der Waals surface area contributed by atoms with Crippen molar-refractivity contribution in [2.45, 2.75) is 146 Å². The number of aromatic carboxylic acids is 3. The Morgan fingerprint density at radius 3 is 1.12 bits per heavy atom. The standard InChI is InChI=1S/C24H27ClNO4PS.C24H34NO4PS.C23H24Cl2NO4PS/c1-6-30-31(29,21-12-11-19(25)13-17(21)5)26(15(2)3)20-14-22(32-23(20)24(27)28)18-9-7-16(4)8-10-18;1-6-29-30(28,20-13-9-18(5)10-14-20)25(16(2)3)21-15-22(31-23(21)24(26)27)19-11-7-17(4)8-12-19;1-5-30-31(29,20-11-10-17(24)12-18(20)25)26(14(2)3)19-13-21(32-22(19)23(27)28)16-8-6-15(4)7-9-16/h7-15H,6H2,1-5H3,(H,27,28);7-8,11-12,15-16,18,20H,6,9-10,13-14H2,1-5H3,(H,26,27);6-14H,5H2,1-4H3,(H,27,28). The summed E-state index contributed by atoms with van der Waals surface area (Å²) in [5.74, 6) is -2.53. The number of nitrogens with zero attached hydrogens (tertiary/aromatic N) is 3. The number of carbonyl (C=O) groups is 3. The van der Waals surface area contributed by atoms with Crippen LogP contribution in [0.5, 0.6) is 0 Å². The van der Waals surface area contributed by atoms with E-state index in [1.54, 1.807) is 70.3 Å². The van der Waals surface area contributed by atoms with Gasteiger partial charge in [0.2, 0.25) is 0 Å². The lowest BCUT2D eigenvalue weighted by atomic mass is 9.91. The highest BCUT2D eigenvalue weighted by Gasteiger charge is 2.46. The van der Waals surface area contributed by atoms with E-state index in [-0.39, 0.29) is 62.0 Å². The number of aryl methyl sites for hydroxylation is 4. The highest BCUT2D eigenvalue weighted by atomic mass is 35.5. The molecule has 0 spiro atoms. The summed E-state index contributed by atoms with van der Waals surface area (Å²) in [5.41, 5.74) is 8.01. The van der Waals surface area contributed by atoms with Crippen molar-refractivity contribution in [3.05, 3.63) is 179 Å². The summed E-state index contributed by atoms with van der Waals surface area (Å²) < 4.78 is 66.3. The summed E-state index contributed by atoms with van der Waals surface area (Å²) >= 11 is 22.1. The van der Waals surface area contributed by atoms with Gasteiger partial charge in [-0.15, -0.1) is 34.0 Å². The van der Waals surface area contributed by atoms with Crippen LogP contribution in [0.4, 0.5) is 17.1 Å². The fourth-order valence-electron chi connectivity index (χ4n) is 11.5. The molecule has 3 N–H and O–H groups in total. The molecular weight excluding hydrogens is 1380 g/mol. The topological polar surface area (TPSA) is 201 Å². The Labute approximate surface area is 586 Å². The highest BCUT2D eigenvalue weighted by Crippen LogP contribution is 2.64.